The van der Waals surface area contributed by atoms with Gasteiger partial charge in [0.1, 0.15) is 0 Å². The number of rotatable bonds is 0. The smallest absolute Gasteiger partial charge is 0.147 e. The van der Waals surface area contributed by atoms with Gasteiger partial charge in [0, 0.05) is 0 Å². The molecule has 0 bridgehead atoms. The molecule has 1 aliphatic carbocycles. The van der Waals surface area contributed by atoms with Crippen LogP contribution in [0, 0.1) is 0 Å². The van der Waals surface area contributed by atoms with Gasteiger partial charge >= 0.3 is 52.8 Å². The minimum atomic E-state index is 0. The Balaban J connectivity index is -0.000000163. The van der Waals surface area contributed by atoms with Crippen LogP contribution in [0.4, 0.5) is 0 Å². The van der Waals surface area contributed by atoms with Crippen molar-refractivity contribution in [2.24, 2.45) is 0 Å². The van der Waals surface area contributed by atoms with E-state index in [1.165, 1.54) is 9.86 Å². The molecule has 0 unspecified atom stereocenters. The van der Waals surface area contributed by atoms with Crippen molar-refractivity contribution >= 4 is 37.2 Å². The SMILES string of the molecule is CC1=[C]([V])CC=C1.Cl.Cl.Cl. The summed E-state index contributed by atoms with van der Waals surface area (Å²) in [7, 11) is 0. The first-order chi connectivity index (χ1) is 3.30. The summed E-state index contributed by atoms with van der Waals surface area (Å²) in [6.07, 6.45) is 5.49. The van der Waals surface area contributed by atoms with Gasteiger partial charge in [0.2, 0.25) is 0 Å². The Morgan fingerprint density at radius 3 is 1.90 bits per heavy atom. The van der Waals surface area contributed by atoms with E-state index in [9.17, 15) is 0 Å². The van der Waals surface area contributed by atoms with Crippen molar-refractivity contribution in [2.45, 2.75) is 13.3 Å². The minimum Gasteiger partial charge on any atom is -0.147 e. The zero-order valence-corrected chi connectivity index (χ0v) is 9.38. The Bertz CT molecular complexity index is 140. The predicted octanol–water partition coefficient (Wildman–Crippen LogP) is 3.03. The van der Waals surface area contributed by atoms with Crippen LogP contribution < -0.4 is 0 Å². The third-order valence-electron chi connectivity index (χ3n) is 1.13. The second kappa shape index (κ2) is 8.04. The maximum Gasteiger partial charge on any atom is -0.147 e. The van der Waals surface area contributed by atoms with Gasteiger partial charge in [-0.1, -0.05) is 0 Å². The van der Waals surface area contributed by atoms with Crippen molar-refractivity contribution in [2.75, 3.05) is 0 Å². The average Bonchev–Trinajstić information content (AvgIpc) is 1.91. The van der Waals surface area contributed by atoms with Crippen LogP contribution in [0.25, 0.3) is 0 Å². The molecule has 0 N–H and O–H groups in total. The molecule has 0 fully saturated rings. The van der Waals surface area contributed by atoms with Gasteiger partial charge in [-0.3, -0.25) is 0 Å². The van der Waals surface area contributed by atoms with E-state index in [4.69, 9.17) is 0 Å². The van der Waals surface area contributed by atoms with E-state index in [1.54, 1.807) is 0 Å². The predicted molar refractivity (Wildman–Crippen MR) is 48.2 cm³/mol. The normalized spacial score (nSPS) is 13.3. The Hall–Kier alpha value is 0.934. The van der Waals surface area contributed by atoms with Crippen molar-refractivity contribution in [3.63, 3.8) is 0 Å². The Kier molecular flexibility index (Phi) is 13.8. The molecule has 0 aromatic rings. The van der Waals surface area contributed by atoms with Crippen LogP contribution in [0.3, 0.4) is 0 Å². The standard InChI is InChI=1S/C6H7.3ClH.V/c1-6-4-2-3-5-6;;;;/h2,4H,3H2,1H3;3*1H;. The van der Waals surface area contributed by atoms with Gasteiger partial charge in [0.15, 0.2) is 0 Å². The van der Waals surface area contributed by atoms with Crippen LogP contribution in [0.5, 0.6) is 0 Å². The summed E-state index contributed by atoms with van der Waals surface area (Å²) in [4.78, 5) is 0. The molecule has 10 heavy (non-hydrogen) atoms. The van der Waals surface area contributed by atoms with Crippen molar-refractivity contribution < 1.29 is 17.4 Å². The molecular formula is C6H10Cl3V. The van der Waals surface area contributed by atoms with Crippen molar-refractivity contribution in [1.82, 2.24) is 0 Å². The number of hydrogen-bond acceptors (Lipinski definition) is 0. The Labute approximate surface area is 89.7 Å². The first kappa shape index (κ1) is 17.1. The van der Waals surface area contributed by atoms with Crippen LogP contribution in [0.15, 0.2) is 22.0 Å². The number of halogens is 3. The summed E-state index contributed by atoms with van der Waals surface area (Å²) in [6, 6.07) is 0. The molecule has 0 nitrogen and oxygen atoms in total. The van der Waals surface area contributed by atoms with Crippen LogP contribution in [-0.2, 0) is 17.4 Å². The second-order valence-electron chi connectivity index (χ2n) is 1.74. The van der Waals surface area contributed by atoms with Crippen molar-refractivity contribution in [3.8, 4) is 0 Å². The van der Waals surface area contributed by atoms with E-state index < -0.39 is 0 Å². The molecule has 60 valence electrons. The fraction of sp³-hybridized carbons (Fsp3) is 0.333. The zero-order chi connectivity index (χ0) is 5.28. The molecule has 0 saturated carbocycles. The number of allylic oxidation sites excluding steroid dienone is 4. The maximum absolute atomic E-state index is 2.59. The molecule has 0 spiro atoms. The molecule has 4 heteroatoms. The second-order valence-corrected chi connectivity index (χ2v) is 2.58. The maximum atomic E-state index is 2.59. The monoisotopic (exact) mass is 238 g/mol. The summed E-state index contributed by atoms with van der Waals surface area (Å²) in [6.45, 7) is 2.14. The molecule has 0 amide bonds. The van der Waals surface area contributed by atoms with Gasteiger partial charge in [-0.25, -0.2) is 0 Å². The molecule has 0 atom stereocenters. The molecule has 0 saturated heterocycles. The molecule has 0 aromatic carbocycles. The van der Waals surface area contributed by atoms with Crippen LogP contribution >= 0.6 is 37.2 Å². The van der Waals surface area contributed by atoms with E-state index in [0.717, 1.165) is 6.42 Å². The fourth-order valence-electron chi connectivity index (χ4n) is 0.605. The largest absolute Gasteiger partial charge is 0.147 e. The minimum absolute atomic E-state index is 0. The summed E-state index contributed by atoms with van der Waals surface area (Å²) >= 11 is 2.59. The van der Waals surface area contributed by atoms with Gasteiger partial charge in [0.05, 0.1) is 0 Å². The molecule has 0 radical (unpaired) electrons. The van der Waals surface area contributed by atoms with Gasteiger partial charge in [0.25, 0.3) is 0 Å². The Morgan fingerprint density at radius 1 is 1.30 bits per heavy atom. The zero-order valence-electron chi connectivity index (χ0n) is 5.53. The van der Waals surface area contributed by atoms with Crippen molar-refractivity contribution in [1.29, 1.82) is 0 Å². The molecule has 0 heterocycles. The average molecular weight is 239 g/mol. The van der Waals surface area contributed by atoms with E-state index in [2.05, 4.69) is 36.5 Å². The fourth-order valence-corrected chi connectivity index (χ4v) is 0.886. The van der Waals surface area contributed by atoms with E-state index in [0.29, 0.717) is 0 Å². The molecule has 1 aliphatic rings. The van der Waals surface area contributed by atoms with Gasteiger partial charge in [-0.15, -0.1) is 37.2 Å². The van der Waals surface area contributed by atoms with E-state index in [1.807, 2.05) is 0 Å². The quantitative estimate of drug-likeness (QED) is 0.609. The third kappa shape index (κ3) is 4.70. The Morgan fingerprint density at radius 2 is 1.80 bits per heavy atom. The van der Waals surface area contributed by atoms with E-state index >= 15 is 0 Å². The summed E-state index contributed by atoms with van der Waals surface area (Å²) in [5.41, 5.74) is 1.42. The van der Waals surface area contributed by atoms with Gasteiger partial charge < -0.3 is 0 Å². The van der Waals surface area contributed by atoms with Crippen molar-refractivity contribution in [3.05, 3.63) is 22.0 Å². The summed E-state index contributed by atoms with van der Waals surface area (Å²) < 4.78 is 1.45. The summed E-state index contributed by atoms with van der Waals surface area (Å²) in [5.74, 6) is 0. The molecule has 0 aromatic heterocycles. The topological polar surface area (TPSA) is 0 Å². The van der Waals surface area contributed by atoms with Gasteiger partial charge in [-0.2, -0.15) is 0 Å². The number of hydrogen-bond donors (Lipinski definition) is 0. The van der Waals surface area contributed by atoms with Crippen LogP contribution in [-0.4, -0.2) is 0 Å². The molecule has 0 aliphatic heterocycles. The summed E-state index contributed by atoms with van der Waals surface area (Å²) in [5, 5.41) is 0. The van der Waals surface area contributed by atoms with Gasteiger partial charge in [-0.05, 0) is 0 Å². The molecular weight excluding hydrogens is 229 g/mol. The molecule has 1 rings (SSSR count). The van der Waals surface area contributed by atoms with Crippen LogP contribution in [0.2, 0.25) is 0 Å². The van der Waals surface area contributed by atoms with E-state index in [-0.39, 0.29) is 37.2 Å². The first-order valence-corrected chi connectivity index (χ1v) is 3.06. The third-order valence-corrected chi connectivity index (χ3v) is 1.97. The first-order valence-electron chi connectivity index (χ1n) is 2.36. The van der Waals surface area contributed by atoms with Crippen LogP contribution in [0.1, 0.15) is 13.3 Å².